The molecular weight excluding hydrogens is 690 g/mol. The number of rotatable bonds is 15. The van der Waals surface area contributed by atoms with Gasteiger partial charge in [-0.25, -0.2) is 9.59 Å². The standard InChI is InChI=1S/C6H10O7.C6H10O4.C4H7NO4.C3H6O3.C2H6O3S.C2H4O2/c7-1-2(8)3(9)4(10)5(11)6(12)13;7-5(8)3-1-2-4-6(9)10;5-2(4(8)9)1-3(6)7;1-2(4)3(5)6;1-2-6(3,4)5;1-2(3)4/h1-5,8-11H,(H,12,13);1-4H2,(H,7,8)(H,9,10);2H,1,5H2,(H,6,7)(H,8,9);2,4H,1H3,(H,5,6);2H2,1H3,(H,3,4,5);1H3,(H,3,4)/t2-,3+,4-,5-;;2-;;;/m0.0.../s1. The quantitative estimate of drug-likeness (QED) is 0.0430. The molecule has 6 atom stereocenters. The molecule has 25 heteroatoms. The fraction of sp³-hybridized carbons (Fsp3) is 0.652. The maximum Gasteiger partial charge on any atom is 0.335 e. The Kier molecular flexibility index (Phi) is 38.0. The Hall–Kier alpha value is -4.37. The molecule has 0 heterocycles. The van der Waals surface area contributed by atoms with Crippen LogP contribution < -0.4 is 5.73 Å². The summed E-state index contributed by atoms with van der Waals surface area (Å²) in [6.45, 7) is 3.65. The summed E-state index contributed by atoms with van der Waals surface area (Å²) in [6, 6.07) is -1.29. The van der Waals surface area contributed by atoms with Crippen molar-refractivity contribution in [2.24, 2.45) is 5.73 Å². The van der Waals surface area contributed by atoms with Crippen molar-refractivity contribution >= 4 is 58.2 Å². The van der Waals surface area contributed by atoms with E-state index in [1.54, 1.807) is 0 Å². The highest BCUT2D eigenvalue weighted by Crippen LogP contribution is 2.04. The minimum Gasteiger partial charge on any atom is -0.481 e. The van der Waals surface area contributed by atoms with Crippen molar-refractivity contribution in [3.05, 3.63) is 0 Å². The van der Waals surface area contributed by atoms with Gasteiger partial charge < -0.3 is 71.8 Å². The highest BCUT2D eigenvalue weighted by molar-refractivity contribution is 7.85. The third-order valence-corrected chi connectivity index (χ3v) is 4.61. The molecule has 0 aromatic carbocycles. The lowest BCUT2D eigenvalue weighted by molar-refractivity contribution is -0.163. The highest BCUT2D eigenvalue weighted by atomic mass is 32.2. The summed E-state index contributed by atoms with van der Waals surface area (Å²) in [7, 11) is -3.66. The van der Waals surface area contributed by atoms with E-state index in [0.717, 1.165) is 6.92 Å². The molecule has 0 bridgehead atoms. The normalized spacial score (nSPS) is 13.4. The number of aldehydes is 1. The average molecular weight is 734 g/mol. The van der Waals surface area contributed by atoms with Crippen molar-refractivity contribution in [3.8, 4) is 0 Å². The first kappa shape index (κ1) is 56.0. The van der Waals surface area contributed by atoms with E-state index in [4.69, 9.17) is 76.4 Å². The van der Waals surface area contributed by atoms with E-state index < -0.39 is 94.9 Å². The third-order valence-electron chi connectivity index (χ3n) is 3.88. The Morgan fingerprint density at radius 3 is 1.15 bits per heavy atom. The van der Waals surface area contributed by atoms with Gasteiger partial charge in [-0.3, -0.25) is 28.5 Å². The number of aliphatic hydroxyl groups is 5. The Bertz CT molecular complexity index is 1060. The van der Waals surface area contributed by atoms with Gasteiger partial charge in [-0.2, -0.15) is 8.42 Å². The van der Waals surface area contributed by atoms with Crippen LogP contribution in [0.3, 0.4) is 0 Å². The molecule has 0 saturated heterocycles. The van der Waals surface area contributed by atoms with Gasteiger partial charge >= 0.3 is 35.8 Å². The van der Waals surface area contributed by atoms with Crippen molar-refractivity contribution in [1.29, 1.82) is 0 Å². The molecule has 0 radical (unpaired) electrons. The maximum absolute atomic E-state index is 10.1. The zero-order valence-corrected chi connectivity index (χ0v) is 26.5. The van der Waals surface area contributed by atoms with Gasteiger partial charge in [0, 0.05) is 19.8 Å². The number of aliphatic carboxylic acids is 7. The van der Waals surface area contributed by atoms with Crippen LogP contribution >= 0.6 is 0 Å². The second-order valence-electron chi connectivity index (χ2n) is 8.33. The lowest BCUT2D eigenvalue weighted by Crippen LogP contribution is -2.48. The molecule has 284 valence electrons. The van der Waals surface area contributed by atoms with Crippen LogP contribution in [0.25, 0.3) is 0 Å². The molecular formula is C23H43NO23S. The summed E-state index contributed by atoms with van der Waals surface area (Å²) >= 11 is 0. The zero-order valence-electron chi connectivity index (χ0n) is 25.7. The molecule has 0 amide bonds. The van der Waals surface area contributed by atoms with Crippen molar-refractivity contribution in [1.82, 2.24) is 0 Å². The second-order valence-corrected chi connectivity index (χ2v) is 10.1. The van der Waals surface area contributed by atoms with Gasteiger partial charge in [0.15, 0.2) is 12.4 Å². The summed E-state index contributed by atoms with van der Waals surface area (Å²) in [4.78, 5) is 77.8. The molecule has 1 unspecified atom stereocenters. The lowest BCUT2D eigenvalue weighted by atomic mass is 10.0. The number of nitrogens with two attached hydrogens (primary N) is 1. The predicted octanol–water partition coefficient (Wildman–Crippen LogP) is -4.26. The molecule has 0 rings (SSSR count). The van der Waals surface area contributed by atoms with Crippen LogP contribution in [0.1, 0.15) is 52.9 Å². The first-order valence-corrected chi connectivity index (χ1v) is 14.2. The van der Waals surface area contributed by atoms with Crippen LogP contribution in [-0.4, -0.2) is 165 Å². The van der Waals surface area contributed by atoms with Gasteiger partial charge in [0.25, 0.3) is 16.1 Å². The number of hydrogen-bond acceptors (Lipinski definition) is 16. The van der Waals surface area contributed by atoms with Gasteiger partial charge in [0.1, 0.15) is 30.5 Å². The molecule has 0 aliphatic rings. The van der Waals surface area contributed by atoms with Crippen LogP contribution in [0.4, 0.5) is 0 Å². The molecule has 48 heavy (non-hydrogen) atoms. The Morgan fingerprint density at radius 2 is 1.00 bits per heavy atom. The van der Waals surface area contributed by atoms with Gasteiger partial charge in [-0.05, 0) is 26.7 Å². The van der Waals surface area contributed by atoms with E-state index in [1.807, 2.05) is 0 Å². The number of aliphatic hydroxyl groups excluding tert-OH is 5. The fourth-order valence-electron chi connectivity index (χ4n) is 1.44. The minimum atomic E-state index is -3.66. The lowest BCUT2D eigenvalue weighted by Gasteiger charge is -2.21. The number of hydrogen-bond donors (Lipinski definition) is 14. The predicted molar refractivity (Wildman–Crippen MR) is 154 cm³/mol. The number of carboxylic acids is 7. The van der Waals surface area contributed by atoms with Crippen molar-refractivity contribution in [2.75, 3.05) is 5.75 Å². The summed E-state index contributed by atoms with van der Waals surface area (Å²) in [6.07, 6.45) is -9.14. The summed E-state index contributed by atoms with van der Waals surface area (Å²) < 4.78 is 26.9. The van der Waals surface area contributed by atoms with E-state index in [9.17, 15) is 42.0 Å². The summed E-state index contributed by atoms with van der Waals surface area (Å²) in [5.74, 6) is -8.22. The topological polar surface area (TPSA) is 460 Å². The van der Waals surface area contributed by atoms with Gasteiger partial charge in [0.2, 0.25) is 0 Å². The van der Waals surface area contributed by atoms with E-state index in [-0.39, 0.29) is 24.9 Å². The molecule has 0 saturated carbocycles. The average Bonchev–Trinajstić information content (AvgIpc) is 2.93. The smallest absolute Gasteiger partial charge is 0.335 e. The monoisotopic (exact) mass is 733 g/mol. The molecule has 0 aliphatic carbocycles. The third kappa shape index (κ3) is 54.1. The molecule has 0 fully saturated rings. The molecule has 0 aromatic heterocycles. The Morgan fingerprint density at radius 1 is 0.688 bits per heavy atom. The number of carbonyl (C=O) groups is 8. The zero-order chi connectivity index (χ0) is 40.0. The fourth-order valence-corrected chi connectivity index (χ4v) is 1.44. The Labute approximate surface area is 272 Å². The van der Waals surface area contributed by atoms with Crippen LogP contribution in [0.2, 0.25) is 0 Å². The van der Waals surface area contributed by atoms with Gasteiger partial charge in [-0.1, -0.05) is 0 Å². The SMILES string of the molecule is CC(=O)O.CC(O)C(=O)O.CCS(=O)(=O)O.N[C@@H](CC(=O)O)C(=O)O.O=C(O)CCCCC(=O)O.O=C[C@H](O)[C@@H](O)[C@H](O)[C@H](O)C(=O)O. The van der Waals surface area contributed by atoms with Crippen molar-refractivity contribution in [3.63, 3.8) is 0 Å². The Balaban J connectivity index is -0.000000115. The van der Waals surface area contributed by atoms with Gasteiger partial charge in [0.05, 0.1) is 12.2 Å². The molecule has 0 aromatic rings. The number of carboxylic acid groups (broad SMARTS) is 7. The summed E-state index contributed by atoms with van der Waals surface area (Å²) in [5.41, 5.74) is 4.84. The number of unbranched alkanes of at least 4 members (excludes halogenated alkanes) is 1. The molecule has 0 spiro atoms. The van der Waals surface area contributed by atoms with E-state index in [2.05, 4.69) is 0 Å². The van der Waals surface area contributed by atoms with Crippen LogP contribution in [0.15, 0.2) is 0 Å². The number of carbonyl (C=O) groups excluding carboxylic acids is 1. The van der Waals surface area contributed by atoms with Gasteiger partial charge in [-0.15, -0.1) is 0 Å². The van der Waals surface area contributed by atoms with E-state index in [1.165, 1.54) is 13.8 Å². The minimum absolute atomic E-state index is 0.0628. The molecule has 0 aliphatic heterocycles. The van der Waals surface area contributed by atoms with Crippen molar-refractivity contribution in [2.45, 2.75) is 89.4 Å². The highest BCUT2D eigenvalue weighted by Gasteiger charge is 2.34. The maximum atomic E-state index is 10.1. The largest absolute Gasteiger partial charge is 0.481 e. The van der Waals surface area contributed by atoms with Crippen LogP contribution in [-0.2, 0) is 48.5 Å². The second kappa shape index (κ2) is 32.6. The van der Waals surface area contributed by atoms with E-state index >= 15 is 0 Å². The van der Waals surface area contributed by atoms with Crippen molar-refractivity contribution < 1.29 is 113 Å². The molecule has 15 N–H and O–H groups in total. The van der Waals surface area contributed by atoms with Crippen LogP contribution in [0.5, 0.6) is 0 Å². The van der Waals surface area contributed by atoms with Crippen LogP contribution in [0, 0.1) is 0 Å². The molecule has 24 nitrogen and oxygen atoms in total. The first-order chi connectivity index (χ1) is 21.5. The van der Waals surface area contributed by atoms with E-state index in [0.29, 0.717) is 12.8 Å². The summed E-state index contributed by atoms with van der Waals surface area (Å²) in [5, 5.41) is 98.7. The first-order valence-electron chi connectivity index (χ1n) is 12.6.